The minimum Gasteiger partial charge on any atom is -0.339 e. The zero-order valence-corrected chi connectivity index (χ0v) is 17.4. The van der Waals surface area contributed by atoms with E-state index < -0.39 is 0 Å². The Bertz CT molecular complexity index is 702. The molecule has 0 aromatic heterocycles. The second-order valence-electron chi connectivity index (χ2n) is 11.0. The molecule has 2 aliphatic heterocycles. The fraction of sp³-hybridized carbons (Fsp3) is 0.870. The molecule has 7 aliphatic rings. The Hall–Kier alpha value is -1.59. The molecule has 3 amide bonds. The number of piperazine rings is 1. The molecule has 0 N–H and O–H groups in total. The highest BCUT2D eigenvalue weighted by Gasteiger charge is 2.55. The molecule has 1 unspecified atom stereocenters. The number of hydrogen-bond donors (Lipinski definition) is 0. The van der Waals surface area contributed by atoms with Crippen molar-refractivity contribution in [3.63, 3.8) is 0 Å². The van der Waals surface area contributed by atoms with E-state index in [0.717, 1.165) is 49.9 Å². The maximum absolute atomic E-state index is 13.5. The zero-order chi connectivity index (χ0) is 19.8. The van der Waals surface area contributed by atoms with Crippen molar-refractivity contribution in [2.75, 3.05) is 32.7 Å². The van der Waals surface area contributed by atoms with Crippen LogP contribution in [0.1, 0.15) is 57.8 Å². The second kappa shape index (κ2) is 6.45. The van der Waals surface area contributed by atoms with Gasteiger partial charge in [0.1, 0.15) is 0 Å². The molecule has 7 fully saturated rings. The molecule has 0 aromatic carbocycles. The van der Waals surface area contributed by atoms with Gasteiger partial charge in [0, 0.05) is 45.2 Å². The van der Waals surface area contributed by atoms with E-state index in [1.807, 2.05) is 9.80 Å². The van der Waals surface area contributed by atoms with Crippen LogP contribution in [0.15, 0.2) is 0 Å². The van der Waals surface area contributed by atoms with E-state index in [1.165, 1.54) is 19.3 Å². The SMILES string of the molecule is O=C(C1CC(=O)N(C2CC2)C1)N1CCN(C(=O)C23CC4CC(CC(C4)C2)C3)CC1. The van der Waals surface area contributed by atoms with E-state index in [2.05, 4.69) is 4.90 Å². The maximum Gasteiger partial charge on any atom is 0.228 e. The summed E-state index contributed by atoms with van der Waals surface area (Å²) in [5.74, 6) is 2.84. The molecular formula is C23H33N3O3. The molecule has 4 bridgehead atoms. The first-order valence-electron chi connectivity index (χ1n) is 11.9. The first-order valence-corrected chi connectivity index (χ1v) is 11.9. The van der Waals surface area contributed by atoms with Gasteiger partial charge in [-0.05, 0) is 69.1 Å². The maximum atomic E-state index is 13.5. The Morgan fingerprint density at radius 3 is 1.93 bits per heavy atom. The van der Waals surface area contributed by atoms with Crippen molar-refractivity contribution in [1.82, 2.24) is 14.7 Å². The summed E-state index contributed by atoms with van der Waals surface area (Å²) in [5, 5.41) is 0. The molecular weight excluding hydrogens is 366 g/mol. The number of rotatable bonds is 3. The van der Waals surface area contributed by atoms with Crippen LogP contribution in [0.4, 0.5) is 0 Å². The smallest absolute Gasteiger partial charge is 0.228 e. The van der Waals surface area contributed by atoms with Gasteiger partial charge in [0.2, 0.25) is 17.7 Å². The number of likely N-dealkylation sites (tertiary alicyclic amines) is 1. The van der Waals surface area contributed by atoms with Crippen LogP contribution in [0.2, 0.25) is 0 Å². The van der Waals surface area contributed by atoms with Crippen LogP contribution in [0.3, 0.4) is 0 Å². The van der Waals surface area contributed by atoms with Gasteiger partial charge in [-0.25, -0.2) is 0 Å². The molecule has 2 saturated heterocycles. The van der Waals surface area contributed by atoms with E-state index in [4.69, 9.17) is 0 Å². The Labute approximate surface area is 172 Å². The first-order chi connectivity index (χ1) is 14.0. The van der Waals surface area contributed by atoms with Crippen molar-refractivity contribution in [3.05, 3.63) is 0 Å². The highest BCUT2D eigenvalue weighted by Crippen LogP contribution is 2.60. The van der Waals surface area contributed by atoms with Gasteiger partial charge in [0.25, 0.3) is 0 Å². The number of carbonyl (C=O) groups is 3. The summed E-state index contributed by atoms with van der Waals surface area (Å²) >= 11 is 0. The molecule has 5 saturated carbocycles. The zero-order valence-electron chi connectivity index (χ0n) is 17.4. The van der Waals surface area contributed by atoms with Gasteiger partial charge in [-0.2, -0.15) is 0 Å². The second-order valence-corrected chi connectivity index (χ2v) is 11.0. The average molecular weight is 400 g/mol. The standard InChI is InChI=1S/C23H33N3O3/c27-20-10-18(14-26(20)19-1-2-19)21(28)24-3-5-25(6-4-24)22(29)23-11-15-7-16(12-23)9-17(8-15)13-23/h15-19H,1-14H2. The van der Waals surface area contributed by atoms with Crippen molar-refractivity contribution >= 4 is 17.7 Å². The summed E-state index contributed by atoms with van der Waals surface area (Å²) in [6.45, 7) is 3.20. The van der Waals surface area contributed by atoms with Gasteiger partial charge >= 0.3 is 0 Å². The van der Waals surface area contributed by atoms with Crippen molar-refractivity contribution in [2.45, 2.75) is 63.8 Å². The average Bonchev–Trinajstić information content (AvgIpc) is 3.47. The summed E-state index contributed by atoms with van der Waals surface area (Å²) in [6.07, 6.45) is 9.96. The third kappa shape index (κ3) is 3.00. The predicted octanol–water partition coefficient (Wildman–Crippen LogP) is 1.88. The number of nitrogens with zero attached hydrogens (tertiary/aromatic N) is 3. The molecule has 1 atom stereocenters. The summed E-state index contributed by atoms with van der Waals surface area (Å²) in [7, 11) is 0. The number of hydrogen-bond acceptors (Lipinski definition) is 3. The van der Waals surface area contributed by atoms with Crippen LogP contribution in [0, 0.1) is 29.1 Å². The van der Waals surface area contributed by atoms with E-state index in [9.17, 15) is 14.4 Å². The third-order valence-electron chi connectivity index (χ3n) is 8.87. The van der Waals surface area contributed by atoms with Gasteiger partial charge in [0.15, 0.2) is 0 Å². The van der Waals surface area contributed by atoms with Crippen LogP contribution < -0.4 is 0 Å². The lowest BCUT2D eigenvalue weighted by Crippen LogP contribution is -2.59. The number of carbonyl (C=O) groups excluding carboxylic acids is 3. The van der Waals surface area contributed by atoms with Gasteiger partial charge in [-0.1, -0.05) is 0 Å². The molecule has 29 heavy (non-hydrogen) atoms. The Morgan fingerprint density at radius 2 is 1.38 bits per heavy atom. The van der Waals surface area contributed by atoms with Gasteiger partial charge in [-0.15, -0.1) is 0 Å². The molecule has 0 spiro atoms. The van der Waals surface area contributed by atoms with Crippen LogP contribution >= 0.6 is 0 Å². The predicted molar refractivity (Wildman–Crippen MR) is 107 cm³/mol. The van der Waals surface area contributed by atoms with Crippen LogP contribution in [-0.4, -0.2) is 71.2 Å². The molecule has 6 nitrogen and oxygen atoms in total. The summed E-state index contributed by atoms with van der Waals surface area (Å²) in [6, 6.07) is 0.398. The van der Waals surface area contributed by atoms with Crippen molar-refractivity contribution in [3.8, 4) is 0 Å². The van der Waals surface area contributed by atoms with Crippen LogP contribution in [0.25, 0.3) is 0 Å². The number of amides is 3. The van der Waals surface area contributed by atoms with E-state index >= 15 is 0 Å². The molecule has 158 valence electrons. The largest absolute Gasteiger partial charge is 0.339 e. The lowest BCUT2D eigenvalue weighted by molar-refractivity contribution is -0.161. The Morgan fingerprint density at radius 1 is 0.828 bits per heavy atom. The summed E-state index contributed by atoms with van der Waals surface area (Å²) < 4.78 is 0. The topological polar surface area (TPSA) is 60.9 Å². The molecule has 6 heteroatoms. The van der Waals surface area contributed by atoms with Gasteiger partial charge in [0.05, 0.1) is 11.3 Å². The monoisotopic (exact) mass is 399 g/mol. The Balaban J connectivity index is 1.07. The van der Waals surface area contributed by atoms with E-state index in [-0.39, 0.29) is 23.1 Å². The van der Waals surface area contributed by atoms with Crippen molar-refractivity contribution in [1.29, 1.82) is 0 Å². The summed E-state index contributed by atoms with van der Waals surface area (Å²) in [5.41, 5.74) is -0.0798. The van der Waals surface area contributed by atoms with Gasteiger partial charge in [-0.3, -0.25) is 14.4 Å². The fourth-order valence-electron chi connectivity index (χ4n) is 7.73. The van der Waals surface area contributed by atoms with Crippen LogP contribution in [0.5, 0.6) is 0 Å². The fourth-order valence-corrected chi connectivity index (χ4v) is 7.73. The minimum absolute atomic E-state index is 0.0798. The molecule has 0 aromatic rings. The molecule has 2 heterocycles. The molecule has 5 aliphatic carbocycles. The highest BCUT2D eigenvalue weighted by atomic mass is 16.2. The molecule has 0 radical (unpaired) electrons. The lowest BCUT2D eigenvalue weighted by atomic mass is 9.49. The van der Waals surface area contributed by atoms with Gasteiger partial charge < -0.3 is 14.7 Å². The first kappa shape index (κ1) is 18.2. The normalized spacial score (nSPS) is 41.4. The van der Waals surface area contributed by atoms with Crippen LogP contribution in [-0.2, 0) is 14.4 Å². The molecule has 7 rings (SSSR count). The third-order valence-corrected chi connectivity index (χ3v) is 8.87. The lowest BCUT2D eigenvalue weighted by Gasteiger charge is -2.57. The Kier molecular flexibility index (Phi) is 4.05. The van der Waals surface area contributed by atoms with E-state index in [1.54, 1.807) is 0 Å². The minimum atomic E-state index is -0.173. The quantitative estimate of drug-likeness (QED) is 0.728. The van der Waals surface area contributed by atoms with Crippen molar-refractivity contribution in [2.24, 2.45) is 29.1 Å². The highest BCUT2D eigenvalue weighted by molar-refractivity contribution is 5.90. The van der Waals surface area contributed by atoms with E-state index in [0.29, 0.717) is 51.1 Å². The van der Waals surface area contributed by atoms with Crippen molar-refractivity contribution < 1.29 is 14.4 Å². The summed E-state index contributed by atoms with van der Waals surface area (Å²) in [4.78, 5) is 44.6.